The van der Waals surface area contributed by atoms with Crippen molar-refractivity contribution in [3.8, 4) is 5.75 Å². The summed E-state index contributed by atoms with van der Waals surface area (Å²) in [5.74, 6) is 0.426. The molecule has 0 heterocycles. The molecule has 0 fully saturated rings. The highest BCUT2D eigenvalue weighted by Gasteiger charge is 2.16. The van der Waals surface area contributed by atoms with Gasteiger partial charge in [0.25, 0.3) is 0 Å². The van der Waals surface area contributed by atoms with E-state index in [2.05, 4.69) is 0 Å². The SMILES string of the molecule is COC(=O)c1c(COc2ccccc2)ccc2ccccc12. The Balaban J connectivity index is 1.99. The summed E-state index contributed by atoms with van der Waals surface area (Å²) in [6, 6.07) is 21.2. The van der Waals surface area contributed by atoms with Crippen molar-refractivity contribution < 1.29 is 14.3 Å². The Hall–Kier alpha value is -2.81. The molecule has 3 rings (SSSR count). The van der Waals surface area contributed by atoms with Gasteiger partial charge in [-0.25, -0.2) is 4.79 Å². The largest absolute Gasteiger partial charge is 0.489 e. The Morgan fingerprint density at radius 2 is 1.64 bits per heavy atom. The third-order valence-corrected chi connectivity index (χ3v) is 3.54. The number of benzene rings is 3. The maximum Gasteiger partial charge on any atom is 0.338 e. The van der Waals surface area contributed by atoms with Gasteiger partial charge in [-0.05, 0) is 22.9 Å². The molecule has 22 heavy (non-hydrogen) atoms. The molecule has 0 aliphatic heterocycles. The van der Waals surface area contributed by atoms with Crippen molar-refractivity contribution in [2.45, 2.75) is 6.61 Å². The van der Waals surface area contributed by atoms with Gasteiger partial charge in [0.15, 0.2) is 0 Å². The standard InChI is InChI=1S/C19H16O3/c1-21-19(20)18-15(13-22-16-8-3-2-4-9-16)12-11-14-7-5-6-10-17(14)18/h2-12H,13H2,1H3. The van der Waals surface area contributed by atoms with Crippen LogP contribution in [-0.2, 0) is 11.3 Å². The Bertz CT molecular complexity index is 794. The molecular formula is C19H16O3. The van der Waals surface area contributed by atoms with E-state index in [1.165, 1.54) is 7.11 Å². The fraction of sp³-hybridized carbons (Fsp3) is 0.105. The van der Waals surface area contributed by atoms with Gasteiger partial charge in [0.05, 0.1) is 12.7 Å². The van der Waals surface area contributed by atoms with Gasteiger partial charge in [-0.3, -0.25) is 0 Å². The van der Waals surface area contributed by atoms with Crippen LogP contribution in [0.1, 0.15) is 15.9 Å². The Kier molecular flexibility index (Phi) is 4.05. The average molecular weight is 292 g/mol. The van der Waals surface area contributed by atoms with E-state index in [1.54, 1.807) is 0 Å². The zero-order valence-electron chi connectivity index (χ0n) is 12.3. The van der Waals surface area contributed by atoms with Gasteiger partial charge in [0, 0.05) is 5.56 Å². The van der Waals surface area contributed by atoms with Crippen molar-refractivity contribution in [1.29, 1.82) is 0 Å². The molecule has 0 bridgehead atoms. The van der Waals surface area contributed by atoms with Crippen LogP contribution in [0.5, 0.6) is 5.75 Å². The number of carbonyl (C=O) groups is 1. The Morgan fingerprint density at radius 3 is 2.41 bits per heavy atom. The van der Waals surface area contributed by atoms with Crippen LogP contribution in [0, 0.1) is 0 Å². The van der Waals surface area contributed by atoms with Gasteiger partial charge < -0.3 is 9.47 Å². The molecule has 0 spiro atoms. The maximum atomic E-state index is 12.2. The predicted molar refractivity (Wildman–Crippen MR) is 86.1 cm³/mol. The average Bonchev–Trinajstić information content (AvgIpc) is 2.59. The summed E-state index contributed by atoms with van der Waals surface area (Å²) in [5.41, 5.74) is 1.38. The summed E-state index contributed by atoms with van der Waals surface area (Å²) in [7, 11) is 1.39. The number of ether oxygens (including phenoxy) is 2. The number of fused-ring (bicyclic) bond motifs is 1. The van der Waals surface area contributed by atoms with Crippen molar-refractivity contribution in [3.63, 3.8) is 0 Å². The number of methoxy groups -OCH3 is 1. The zero-order valence-corrected chi connectivity index (χ0v) is 12.3. The van der Waals surface area contributed by atoms with Gasteiger partial charge in [-0.1, -0.05) is 54.6 Å². The number of hydrogen-bond donors (Lipinski definition) is 0. The van der Waals surface area contributed by atoms with E-state index in [9.17, 15) is 4.79 Å². The first-order chi connectivity index (χ1) is 10.8. The molecule has 0 N–H and O–H groups in total. The number of rotatable bonds is 4. The minimum absolute atomic E-state index is 0.319. The Labute approximate surface area is 129 Å². The number of hydrogen-bond acceptors (Lipinski definition) is 3. The van der Waals surface area contributed by atoms with E-state index in [0.29, 0.717) is 12.2 Å². The molecule has 0 saturated carbocycles. The van der Waals surface area contributed by atoms with Crippen LogP contribution in [0.3, 0.4) is 0 Å². The molecule has 3 aromatic rings. The van der Waals surface area contributed by atoms with Crippen molar-refractivity contribution in [2.75, 3.05) is 7.11 Å². The second kappa shape index (κ2) is 6.31. The van der Waals surface area contributed by atoms with E-state index in [4.69, 9.17) is 9.47 Å². The van der Waals surface area contributed by atoms with E-state index in [0.717, 1.165) is 22.1 Å². The van der Waals surface area contributed by atoms with Crippen LogP contribution >= 0.6 is 0 Å². The van der Waals surface area contributed by atoms with E-state index < -0.39 is 0 Å². The van der Waals surface area contributed by atoms with E-state index >= 15 is 0 Å². The molecule has 0 aliphatic carbocycles. The summed E-state index contributed by atoms with van der Waals surface area (Å²) in [4.78, 5) is 12.2. The van der Waals surface area contributed by atoms with Crippen molar-refractivity contribution >= 4 is 16.7 Å². The monoisotopic (exact) mass is 292 g/mol. The van der Waals surface area contributed by atoms with Crippen LogP contribution in [0.25, 0.3) is 10.8 Å². The minimum atomic E-state index is -0.344. The highest BCUT2D eigenvalue weighted by Crippen LogP contribution is 2.24. The van der Waals surface area contributed by atoms with Crippen molar-refractivity contribution in [2.24, 2.45) is 0 Å². The number of para-hydroxylation sites is 1. The fourth-order valence-corrected chi connectivity index (χ4v) is 2.46. The second-order valence-electron chi connectivity index (χ2n) is 4.91. The third kappa shape index (κ3) is 2.79. The quantitative estimate of drug-likeness (QED) is 0.676. The summed E-state index contributed by atoms with van der Waals surface area (Å²) >= 11 is 0. The summed E-state index contributed by atoms with van der Waals surface area (Å²) in [6.45, 7) is 0.319. The molecular weight excluding hydrogens is 276 g/mol. The molecule has 3 aromatic carbocycles. The van der Waals surface area contributed by atoms with Crippen LogP contribution < -0.4 is 4.74 Å². The third-order valence-electron chi connectivity index (χ3n) is 3.54. The Morgan fingerprint density at radius 1 is 0.909 bits per heavy atom. The predicted octanol–water partition coefficient (Wildman–Crippen LogP) is 4.21. The lowest BCUT2D eigenvalue weighted by molar-refractivity contribution is 0.0600. The minimum Gasteiger partial charge on any atom is -0.489 e. The van der Waals surface area contributed by atoms with Crippen LogP contribution in [-0.4, -0.2) is 13.1 Å². The molecule has 0 atom stereocenters. The van der Waals surface area contributed by atoms with Crippen LogP contribution in [0.2, 0.25) is 0 Å². The van der Waals surface area contributed by atoms with Gasteiger partial charge >= 0.3 is 5.97 Å². The molecule has 110 valence electrons. The van der Waals surface area contributed by atoms with Gasteiger partial charge in [0.2, 0.25) is 0 Å². The lowest BCUT2D eigenvalue weighted by Gasteiger charge is -2.12. The lowest BCUT2D eigenvalue weighted by atomic mass is 9.99. The molecule has 0 unspecified atom stereocenters. The second-order valence-corrected chi connectivity index (χ2v) is 4.91. The van der Waals surface area contributed by atoms with E-state index in [-0.39, 0.29) is 5.97 Å². The summed E-state index contributed by atoms with van der Waals surface area (Å²) in [6.07, 6.45) is 0. The molecule has 3 heteroatoms. The zero-order chi connectivity index (χ0) is 15.4. The van der Waals surface area contributed by atoms with Crippen LogP contribution in [0.15, 0.2) is 66.7 Å². The number of esters is 1. The van der Waals surface area contributed by atoms with Gasteiger partial charge in [-0.2, -0.15) is 0 Å². The van der Waals surface area contributed by atoms with Crippen molar-refractivity contribution in [3.05, 3.63) is 77.9 Å². The van der Waals surface area contributed by atoms with Crippen molar-refractivity contribution in [1.82, 2.24) is 0 Å². The lowest BCUT2D eigenvalue weighted by Crippen LogP contribution is -2.09. The summed E-state index contributed by atoms with van der Waals surface area (Å²) < 4.78 is 10.7. The molecule has 3 nitrogen and oxygen atoms in total. The first-order valence-electron chi connectivity index (χ1n) is 7.06. The van der Waals surface area contributed by atoms with E-state index in [1.807, 2.05) is 66.7 Å². The first-order valence-corrected chi connectivity index (χ1v) is 7.06. The highest BCUT2D eigenvalue weighted by molar-refractivity contribution is 6.05. The van der Waals surface area contributed by atoms with Gasteiger partial charge in [0.1, 0.15) is 12.4 Å². The number of carbonyl (C=O) groups excluding carboxylic acids is 1. The fourth-order valence-electron chi connectivity index (χ4n) is 2.46. The van der Waals surface area contributed by atoms with Gasteiger partial charge in [-0.15, -0.1) is 0 Å². The molecule has 0 amide bonds. The van der Waals surface area contributed by atoms with Crippen LogP contribution in [0.4, 0.5) is 0 Å². The molecule has 0 aliphatic rings. The topological polar surface area (TPSA) is 35.5 Å². The molecule has 0 aromatic heterocycles. The first kappa shape index (κ1) is 14.1. The summed E-state index contributed by atoms with van der Waals surface area (Å²) in [5, 5.41) is 1.88. The highest BCUT2D eigenvalue weighted by atomic mass is 16.5. The smallest absolute Gasteiger partial charge is 0.338 e. The molecule has 0 saturated heterocycles. The molecule has 0 radical (unpaired) electrons. The normalized spacial score (nSPS) is 10.4. The maximum absolute atomic E-state index is 12.2.